The topological polar surface area (TPSA) is 79.9 Å². The third kappa shape index (κ3) is 7.83. The number of nitrogens with zero attached hydrogens (tertiary/aromatic N) is 1. The predicted molar refractivity (Wildman–Crippen MR) is 152 cm³/mol. The molecule has 7 heteroatoms. The van der Waals surface area contributed by atoms with Gasteiger partial charge in [0.25, 0.3) is 0 Å². The summed E-state index contributed by atoms with van der Waals surface area (Å²) in [7, 11) is 0. The minimum absolute atomic E-state index is 0.0419. The van der Waals surface area contributed by atoms with Crippen LogP contribution >= 0.6 is 0 Å². The number of amides is 2. The van der Waals surface area contributed by atoms with Crippen LogP contribution in [0.5, 0.6) is 0 Å². The first-order valence-corrected chi connectivity index (χ1v) is 13.6. The largest absolute Gasteiger partial charge is 0.445 e. The number of rotatable bonds is 8. The van der Waals surface area contributed by atoms with Gasteiger partial charge in [-0.25, -0.2) is 9.59 Å². The molecule has 0 unspecified atom stereocenters. The van der Waals surface area contributed by atoms with Gasteiger partial charge in [0.05, 0.1) is 0 Å². The van der Waals surface area contributed by atoms with E-state index in [1.54, 1.807) is 4.90 Å². The van der Waals surface area contributed by atoms with Gasteiger partial charge in [-0.1, -0.05) is 91.0 Å². The molecule has 2 N–H and O–H groups in total. The Balaban J connectivity index is 1.56. The monoisotopic (exact) mass is 529 g/mol. The number of piperidine rings is 1. The molecule has 1 aliphatic rings. The maximum absolute atomic E-state index is 13.3. The first-order valence-electron chi connectivity index (χ1n) is 13.6. The maximum atomic E-state index is 13.3. The molecule has 0 bridgehead atoms. The molecule has 1 aliphatic heterocycles. The number of carbonyl (C=O) groups is 2. The fourth-order valence-corrected chi connectivity index (χ4v) is 4.87. The van der Waals surface area contributed by atoms with Crippen molar-refractivity contribution in [2.24, 2.45) is 0 Å². The average molecular weight is 530 g/mol. The van der Waals surface area contributed by atoms with Gasteiger partial charge < -0.3 is 25.0 Å². The van der Waals surface area contributed by atoms with Gasteiger partial charge in [0.15, 0.2) is 0 Å². The van der Waals surface area contributed by atoms with Crippen LogP contribution in [0.3, 0.4) is 0 Å². The SMILES string of the molecule is CC(C)(C)OC(=O)N1CCC[C@H](NCC(NC(=O)OCc2ccccc2)(c2ccccc2)c2ccccc2)C1. The molecule has 7 nitrogen and oxygen atoms in total. The Morgan fingerprint density at radius 3 is 2.00 bits per heavy atom. The van der Waals surface area contributed by atoms with Crippen LogP contribution in [-0.4, -0.2) is 48.4 Å². The molecule has 206 valence electrons. The zero-order valence-corrected chi connectivity index (χ0v) is 23.1. The molecule has 0 aliphatic carbocycles. The highest BCUT2D eigenvalue weighted by Gasteiger charge is 2.38. The summed E-state index contributed by atoms with van der Waals surface area (Å²) in [5.74, 6) is 0. The number of alkyl carbamates (subject to hydrolysis) is 1. The molecule has 3 aromatic rings. The average Bonchev–Trinajstić information content (AvgIpc) is 2.95. The normalized spacial score (nSPS) is 15.9. The van der Waals surface area contributed by atoms with Crippen molar-refractivity contribution in [2.45, 2.75) is 57.4 Å². The number of hydrogen-bond acceptors (Lipinski definition) is 5. The lowest BCUT2D eigenvalue weighted by molar-refractivity contribution is 0.0186. The van der Waals surface area contributed by atoms with Crippen LogP contribution in [0.1, 0.15) is 50.3 Å². The van der Waals surface area contributed by atoms with Crippen LogP contribution in [0.15, 0.2) is 91.0 Å². The molecule has 3 aromatic carbocycles. The van der Waals surface area contributed by atoms with Gasteiger partial charge in [0.1, 0.15) is 17.7 Å². The molecule has 39 heavy (non-hydrogen) atoms. The van der Waals surface area contributed by atoms with Crippen LogP contribution in [0.25, 0.3) is 0 Å². The summed E-state index contributed by atoms with van der Waals surface area (Å²) in [4.78, 5) is 27.8. The lowest BCUT2D eigenvalue weighted by Crippen LogP contribution is -2.57. The Labute approximate surface area is 231 Å². The number of nitrogens with one attached hydrogen (secondary N) is 2. The summed E-state index contributed by atoms with van der Waals surface area (Å²) in [6, 6.07) is 29.5. The third-order valence-electron chi connectivity index (χ3n) is 6.79. The van der Waals surface area contributed by atoms with Crippen LogP contribution in [0, 0.1) is 0 Å². The summed E-state index contributed by atoms with van der Waals surface area (Å²) in [6.07, 6.45) is 0.978. The minimum atomic E-state index is -0.898. The van der Waals surface area contributed by atoms with E-state index in [1.807, 2.05) is 112 Å². The third-order valence-corrected chi connectivity index (χ3v) is 6.79. The smallest absolute Gasteiger partial charge is 0.410 e. The van der Waals surface area contributed by atoms with Crippen LogP contribution < -0.4 is 10.6 Å². The van der Waals surface area contributed by atoms with Crippen molar-refractivity contribution >= 4 is 12.2 Å². The molecule has 0 spiro atoms. The molecule has 1 fully saturated rings. The Morgan fingerprint density at radius 1 is 0.872 bits per heavy atom. The summed E-state index contributed by atoms with van der Waals surface area (Å²) in [5, 5.41) is 6.88. The quantitative estimate of drug-likeness (QED) is 0.383. The molecular formula is C32H39N3O4. The van der Waals surface area contributed by atoms with E-state index in [-0.39, 0.29) is 18.7 Å². The van der Waals surface area contributed by atoms with Gasteiger partial charge in [-0.3, -0.25) is 0 Å². The predicted octanol–water partition coefficient (Wildman–Crippen LogP) is 5.85. The highest BCUT2D eigenvalue weighted by atomic mass is 16.6. The number of likely N-dealkylation sites (tertiary alicyclic amines) is 1. The van der Waals surface area contributed by atoms with Gasteiger partial charge >= 0.3 is 12.2 Å². The van der Waals surface area contributed by atoms with Gasteiger partial charge in [-0.15, -0.1) is 0 Å². The van der Waals surface area contributed by atoms with Crippen LogP contribution in [0.2, 0.25) is 0 Å². The van der Waals surface area contributed by atoms with Gasteiger partial charge in [-0.2, -0.15) is 0 Å². The summed E-state index contributed by atoms with van der Waals surface area (Å²) in [6.45, 7) is 7.41. The fourth-order valence-electron chi connectivity index (χ4n) is 4.87. The minimum Gasteiger partial charge on any atom is -0.445 e. The van der Waals surface area contributed by atoms with Crippen molar-refractivity contribution in [1.82, 2.24) is 15.5 Å². The van der Waals surface area contributed by atoms with E-state index in [0.717, 1.165) is 29.5 Å². The van der Waals surface area contributed by atoms with Crippen LogP contribution in [0.4, 0.5) is 9.59 Å². The molecule has 1 saturated heterocycles. The second kappa shape index (κ2) is 12.8. The van der Waals surface area contributed by atoms with E-state index in [4.69, 9.17) is 9.47 Å². The molecule has 0 radical (unpaired) electrons. The zero-order valence-electron chi connectivity index (χ0n) is 23.1. The molecule has 2 amide bonds. The Bertz CT molecular complexity index is 1160. The van der Waals surface area contributed by atoms with Crippen molar-refractivity contribution in [3.05, 3.63) is 108 Å². The lowest BCUT2D eigenvalue weighted by atomic mass is 9.82. The second-order valence-corrected chi connectivity index (χ2v) is 11.0. The highest BCUT2D eigenvalue weighted by Crippen LogP contribution is 2.30. The molecule has 0 saturated carbocycles. The van der Waals surface area contributed by atoms with Gasteiger partial charge in [0.2, 0.25) is 0 Å². The number of benzene rings is 3. The Hall–Kier alpha value is -3.84. The van der Waals surface area contributed by atoms with Crippen molar-refractivity contribution in [3.63, 3.8) is 0 Å². The number of carbonyl (C=O) groups excluding carboxylic acids is 2. The highest BCUT2D eigenvalue weighted by molar-refractivity contribution is 5.70. The van der Waals surface area contributed by atoms with Crippen molar-refractivity contribution in [3.8, 4) is 0 Å². The van der Waals surface area contributed by atoms with E-state index in [9.17, 15) is 9.59 Å². The number of ether oxygens (including phenoxy) is 2. The first-order chi connectivity index (χ1) is 18.7. The first kappa shape index (κ1) is 28.2. The Kier molecular flexibility index (Phi) is 9.25. The van der Waals surface area contributed by atoms with E-state index < -0.39 is 17.2 Å². The van der Waals surface area contributed by atoms with Crippen molar-refractivity contribution in [2.75, 3.05) is 19.6 Å². The van der Waals surface area contributed by atoms with Gasteiger partial charge in [0, 0.05) is 25.7 Å². The van der Waals surface area contributed by atoms with Crippen molar-refractivity contribution in [1.29, 1.82) is 0 Å². The maximum Gasteiger partial charge on any atom is 0.410 e. The second-order valence-electron chi connectivity index (χ2n) is 11.0. The summed E-state index contributed by atoms with van der Waals surface area (Å²) >= 11 is 0. The van der Waals surface area contributed by atoms with E-state index >= 15 is 0 Å². The van der Waals surface area contributed by atoms with E-state index in [1.165, 1.54) is 0 Å². The molecule has 1 atom stereocenters. The molecular weight excluding hydrogens is 490 g/mol. The number of hydrogen-bond donors (Lipinski definition) is 2. The fraction of sp³-hybridized carbons (Fsp3) is 0.375. The zero-order chi connectivity index (χ0) is 27.7. The van der Waals surface area contributed by atoms with Crippen molar-refractivity contribution < 1.29 is 19.1 Å². The van der Waals surface area contributed by atoms with E-state index in [2.05, 4.69) is 10.6 Å². The van der Waals surface area contributed by atoms with E-state index in [0.29, 0.717) is 19.6 Å². The molecule has 1 heterocycles. The van der Waals surface area contributed by atoms with Gasteiger partial charge in [-0.05, 0) is 50.3 Å². The van der Waals surface area contributed by atoms with Crippen LogP contribution in [-0.2, 0) is 21.6 Å². The molecule has 0 aromatic heterocycles. The summed E-state index contributed by atoms with van der Waals surface area (Å²) in [5.41, 5.74) is 1.34. The lowest BCUT2D eigenvalue weighted by Gasteiger charge is -2.39. The standard InChI is InChI=1S/C32H39N3O4/c1-31(2,3)39-30(37)35-21-13-20-28(22-35)33-24-32(26-16-9-5-10-17-26,27-18-11-6-12-19-27)34-29(36)38-23-25-14-7-4-8-15-25/h4-12,14-19,28,33H,13,20-24H2,1-3H3,(H,34,36)/t28-/m0/s1. The summed E-state index contributed by atoms with van der Waals surface area (Å²) < 4.78 is 11.3. The Morgan fingerprint density at radius 2 is 1.44 bits per heavy atom. The molecule has 4 rings (SSSR count).